The predicted molar refractivity (Wildman–Crippen MR) is 195 cm³/mol. The average molecular weight is 727 g/mol. The first-order valence-electron chi connectivity index (χ1n) is 16.9. The van der Waals surface area contributed by atoms with Crippen LogP contribution in [0.1, 0.15) is 51.8 Å². The topological polar surface area (TPSA) is 156 Å². The Hall–Kier alpha value is -6.92. The van der Waals surface area contributed by atoms with Gasteiger partial charge in [0.25, 0.3) is 5.91 Å². The summed E-state index contributed by atoms with van der Waals surface area (Å²) in [5.41, 5.74) is 3.46. The highest BCUT2D eigenvalue weighted by Gasteiger charge is 2.52. The van der Waals surface area contributed by atoms with E-state index < -0.39 is 66.9 Å². The first-order valence-corrected chi connectivity index (χ1v) is 16.9. The van der Waals surface area contributed by atoms with Gasteiger partial charge in [0.05, 0.1) is 28.5 Å². The van der Waals surface area contributed by atoms with E-state index in [9.17, 15) is 24.0 Å². The zero-order chi connectivity index (χ0) is 37.7. The first-order chi connectivity index (χ1) is 26.4. The summed E-state index contributed by atoms with van der Waals surface area (Å²) < 4.78 is 30.1. The Bertz CT molecular complexity index is 2060. The van der Waals surface area contributed by atoms with E-state index in [1.54, 1.807) is 115 Å². The number of carbonyl (C=O) groups is 5. The maximum atomic E-state index is 13.7. The van der Waals surface area contributed by atoms with Crippen molar-refractivity contribution >= 4 is 36.0 Å². The number of carbonyl (C=O) groups excluding carboxylic acids is 5. The van der Waals surface area contributed by atoms with Crippen LogP contribution in [0.15, 0.2) is 157 Å². The van der Waals surface area contributed by atoms with E-state index >= 15 is 0 Å². The molecule has 1 aliphatic heterocycles. The molecule has 1 heterocycles. The van der Waals surface area contributed by atoms with Crippen molar-refractivity contribution in [3.05, 3.63) is 179 Å². The second-order valence-corrected chi connectivity index (χ2v) is 11.9. The number of benzene rings is 5. The summed E-state index contributed by atoms with van der Waals surface area (Å²) >= 11 is 0. The van der Waals surface area contributed by atoms with Crippen LogP contribution >= 0.6 is 0 Å². The summed E-state index contributed by atoms with van der Waals surface area (Å²) in [6.07, 6.45) is -6.09. The number of rotatable bonds is 12. The van der Waals surface area contributed by atoms with E-state index in [0.29, 0.717) is 5.56 Å². The third-order valence-corrected chi connectivity index (χ3v) is 8.24. The molecule has 0 bridgehead atoms. The lowest BCUT2D eigenvalue weighted by Gasteiger charge is -2.43. The molecule has 1 aliphatic rings. The molecule has 12 heteroatoms. The fraction of sp³-hybridized carbons (Fsp3) is 0.143. The van der Waals surface area contributed by atoms with Crippen LogP contribution in [0.3, 0.4) is 0 Å². The van der Waals surface area contributed by atoms with Crippen molar-refractivity contribution in [1.29, 1.82) is 0 Å². The molecule has 5 aromatic carbocycles. The minimum absolute atomic E-state index is 0.151. The van der Waals surface area contributed by atoms with Crippen LogP contribution in [0.5, 0.6) is 0 Å². The molecule has 12 nitrogen and oxygen atoms in total. The number of nitrogens with one attached hydrogen (secondary N) is 1. The number of hydrogen-bond acceptors (Lipinski definition) is 11. The average Bonchev–Trinajstić information content (AvgIpc) is 3.23. The van der Waals surface area contributed by atoms with Crippen molar-refractivity contribution in [2.24, 2.45) is 5.10 Å². The van der Waals surface area contributed by atoms with Gasteiger partial charge in [-0.25, -0.2) is 24.6 Å². The van der Waals surface area contributed by atoms with Gasteiger partial charge in [-0.05, 0) is 60.7 Å². The highest BCUT2D eigenvalue weighted by atomic mass is 16.7. The highest BCUT2D eigenvalue weighted by molar-refractivity contribution is 5.94. The molecule has 1 saturated heterocycles. The highest BCUT2D eigenvalue weighted by Crippen LogP contribution is 2.31. The molecular formula is C42H34N2O10. The Morgan fingerprint density at radius 1 is 0.500 bits per heavy atom. The van der Waals surface area contributed by atoms with Crippen LogP contribution in [-0.2, 0) is 23.7 Å². The van der Waals surface area contributed by atoms with Gasteiger partial charge in [-0.3, -0.25) is 4.79 Å². The lowest BCUT2D eigenvalue weighted by atomic mass is 9.94. The normalized spacial score (nSPS) is 19.2. The second kappa shape index (κ2) is 18.0. The summed E-state index contributed by atoms with van der Waals surface area (Å²) in [7, 11) is 0. The van der Waals surface area contributed by atoms with Crippen LogP contribution in [0.25, 0.3) is 0 Å². The molecular weight excluding hydrogens is 692 g/mol. The predicted octanol–water partition coefficient (Wildman–Crippen LogP) is 5.70. The number of amides is 1. The molecule has 272 valence electrons. The van der Waals surface area contributed by atoms with E-state index in [1.165, 1.54) is 36.4 Å². The largest absolute Gasteiger partial charge is 0.459 e. The van der Waals surface area contributed by atoms with E-state index in [0.717, 1.165) is 6.21 Å². The Balaban J connectivity index is 1.39. The van der Waals surface area contributed by atoms with Crippen molar-refractivity contribution < 1.29 is 47.7 Å². The number of hydrogen-bond donors (Lipinski definition) is 1. The monoisotopic (exact) mass is 726 g/mol. The van der Waals surface area contributed by atoms with Gasteiger partial charge in [-0.2, -0.15) is 5.10 Å². The van der Waals surface area contributed by atoms with E-state index in [2.05, 4.69) is 10.5 Å². The molecule has 1 amide bonds. The quantitative estimate of drug-likeness (QED) is 0.0732. The molecule has 0 aromatic heterocycles. The van der Waals surface area contributed by atoms with Crippen molar-refractivity contribution in [3.63, 3.8) is 0 Å². The summed E-state index contributed by atoms with van der Waals surface area (Å²) in [5, 5.41) is 4.09. The zero-order valence-electron chi connectivity index (χ0n) is 28.6. The molecule has 6 rings (SSSR count). The maximum Gasteiger partial charge on any atom is 0.338 e. The molecule has 0 unspecified atom stereocenters. The molecule has 54 heavy (non-hydrogen) atoms. The van der Waals surface area contributed by atoms with E-state index in [1.807, 2.05) is 0 Å². The Labute approximate surface area is 310 Å². The molecule has 1 fully saturated rings. The molecule has 5 atom stereocenters. The first kappa shape index (κ1) is 36.9. The summed E-state index contributed by atoms with van der Waals surface area (Å²) in [5.74, 6) is -3.73. The molecule has 0 spiro atoms. The van der Waals surface area contributed by atoms with Crippen LogP contribution in [0.4, 0.5) is 0 Å². The zero-order valence-corrected chi connectivity index (χ0v) is 28.6. The van der Waals surface area contributed by atoms with Crippen molar-refractivity contribution in [1.82, 2.24) is 5.43 Å². The Morgan fingerprint density at radius 2 is 0.870 bits per heavy atom. The van der Waals surface area contributed by atoms with E-state index in [-0.39, 0.29) is 22.3 Å². The lowest BCUT2D eigenvalue weighted by Crippen LogP contribution is -2.63. The molecule has 0 saturated carbocycles. The van der Waals surface area contributed by atoms with Gasteiger partial charge in [0, 0.05) is 5.56 Å². The number of ether oxygens (including phenoxy) is 5. The second-order valence-electron chi connectivity index (χ2n) is 11.9. The summed E-state index contributed by atoms with van der Waals surface area (Å²) in [4.78, 5) is 66.9. The summed E-state index contributed by atoms with van der Waals surface area (Å²) in [6.45, 7) is -0.500. The van der Waals surface area contributed by atoms with Gasteiger partial charge < -0.3 is 23.7 Å². The SMILES string of the molecule is O=C(N/N=C/[C@@H]1O[C@H](COC(=O)c2ccccc2)[C@@H](OC(=O)c2ccccc2)[C@H](OC(=O)c2ccccc2)[C@H]1OC(=O)c1ccccc1)c1ccccc1. The van der Waals surface area contributed by atoms with Gasteiger partial charge in [0.2, 0.25) is 0 Å². The number of esters is 4. The smallest absolute Gasteiger partial charge is 0.338 e. The van der Waals surface area contributed by atoms with Crippen molar-refractivity contribution in [2.45, 2.75) is 30.5 Å². The van der Waals surface area contributed by atoms with Gasteiger partial charge in [-0.15, -0.1) is 0 Å². The molecule has 0 radical (unpaired) electrons. The molecule has 0 aliphatic carbocycles. The number of nitrogens with zero attached hydrogens (tertiary/aromatic N) is 1. The standard InChI is InChI=1S/C42H34N2O10/c45-38(28-16-6-1-7-17-28)44-43-26-33-35(52-40(47)30-20-10-3-11-21-30)37(54-42(49)32-24-14-5-15-25-32)36(53-41(48)31-22-12-4-13-23-31)34(51-33)27-50-39(46)29-18-8-2-9-19-29/h1-26,33-37H,27H2,(H,44,45)/b43-26+/t33-,34+,35-,36+,37+/m0/s1. The Morgan fingerprint density at radius 3 is 1.31 bits per heavy atom. The van der Waals surface area contributed by atoms with Gasteiger partial charge in [0.1, 0.15) is 18.8 Å². The van der Waals surface area contributed by atoms with Gasteiger partial charge in [-0.1, -0.05) is 91.0 Å². The molecule has 1 N–H and O–H groups in total. The molecule has 5 aromatic rings. The summed E-state index contributed by atoms with van der Waals surface area (Å²) in [6, 6.07) is 40.6. The lowest BCUT2D eigenvalue weighted by molar-refractivity contribution is -0.211. The van der Waals surface area contributed by atoms with Crippen LogP contribution in [0, 0.1) is 0 Å². The minimum Gasteiger partial charge on any atom is -0.459 e. The third-order valence-electron chi connectivity index (χ3n) is 8.24. The van der Waals surface area contributed by atoms with Crippen molar-refractivity contribution in [2.75, 3.05) is 6.61 Å². The van der Waals surface area contributed by atoms with Gasteiger partial charge >= 0.3 is 23.9 Å². The van der Waals surface area contributed by atoms with Crippen molar-refractivity contribution in [3.8, 4) is 0 Å². The van der Waals surface area contributed by atoms with Crippen LogP contribution in [0.2, 0.25) is 0 Å². The maximum absolute atomic E-state index is 13.7. The van der Waals surface area contributed by atoms with E-state index in [4.69, 9.17) is 23.7 Å². The Kier molecular flexibility index (Phi) is 12.3. The van der Waals surface area contributed by atoms with Gasteiger partial charge in [0.15, 0.2) is 18.3 Å². The fourth-order valence-electron chi connectivity index (χ4n) is 5.54. The fourth-order valence-corrected chi connectivity index (χ4v) is 5.54. The van der Waals surface area contributed by atoms with Crippen LogP contribution < -0.4 is 5.43 Å². The van der Waals surface area contributed by atoms with Crippen LogP contribution in [-0.4, -0.2) is 73.1 Å². The minimum atomic E-state index is -1.56. The number of hydrazone groups is 1. The third kappa shape index (κ3) is 9.49.